The van der Waals surface area contributed by atoms with Gasteiger partial charge in [0.2, 0.25) is 0 Å². The average Bonchev–Trinajstić information content (AvgIpc) is 3.21. The van der Waals surface area contributed by atoms with E-state index in [9.17, 15) is 4.79 Å². The molecular formula is C24H23N3O4. The summed E-state index contributed by atoms with van der Waals surface area (Å²) in [6.07, 6.45) is 4.15. The molecule has 31 heavy (non-hydrogen) atoms. The van der Waals surface area contributed by atoms with Crippen molar-refractivity contribution in [1.29, 1.82) is 0 Å². The molecule has 0 aliphatic carbocycles. The monoisotopic (exact) mass is 417 g/mol. The number of pyridine rings is 1. The van der Waals surface area contributed by atoms with E-state index < -0.39 is 0 Å². The summed E-state index contributed by atoms with van der Waals surface area (Å²) in [4.78, 5) is 21.2. The molecule has 0 fully saturated rings. The summed E-state index contributed by atoms with van der Waals surface area (Å²) in [5, 5.41) is 2.90. The van der Waals surface area contributed by atoms with Crippen LogP contribution in [0.15, 0.2) is 65.3 Å². The molecule has 0 aliphatic rings. The van der Waals surface area contributed by atoms with E-state index in [4.69, 9.17) is 13.9 Å². The second kappa shape index (κ2) is 9.30. The zero-order chi connectivity index (χ0) is 21.6. The molecule has 7 heteroatoms. The van der Waals surface area contributed by atoms with Crippen LogP contribution in [0.25, 0.3) is 11.1 Å². The van der Waals surface area contributed by atoms with Gasteiger partial charge in [-0.3, -0.25) is 9.78 Å². The molecule has 2 aromatic heterocycles. The fraction of sp³-hybridized carbons (Fsp3) is 0.208. The van der Waals surface area contributed by atoms with Crippen molar-refractivity contribution < 1.29 is 18.7 Å². The minimum absolute atomic E-state index is 0.250. The molecule has 4 aromatic rings. The minimum Gasteiger partial charge on any atom is -0.490 e. The molecule has 2 heterocycles. The Morgan fingerprint density at radius 2 is 1.84 bits per heavy atom. The zero-order valence-electron chi connectivity index (χ0n) is 17.4. The Balaban J connectivity index is 1.50. The van der Waals surface area contributed by atoms with E-state index in [0.29, 0.717) is 59.4 Å². The number of benzene rings is 2. The maximum atomic E-state index is 12.8. The van der Waals surface area contributed by atoms with E-state index in [2.05, 4.69) is 15.3 Å². The first-order valence-corrected chi connectivity index (χ1v) is 10.2. The second-order valence-electron chi connectivity index (χ2n) is 6.84. The van der Waals surface area contributed by atoms with Crippen LogP contribution in [-0.2, 0) is 13.0 Å². The van der Waals surface area contributed by atoms with E-state index in [1.165, 1.54) is 0 Å². The second-order valence-corrected chi connectivity index (χ2v) is 6.84. The third-order valence-corrected chi connectivity index (χ3v) is 4.64. The SMILES string of the molecule is CCOc1cc(C(=O)Nc2ccc3oc(CC)nc3c2)ccc1OCc1ccncc1. The number of oxazole rings is 1. The zero-order valence-corrected chi connectivity index (χ0v) is 17.4. The van der Waals surface area contributed by atoms with Crippen molar-refractivity contribution in [2.45, 2.75) is 26.9 Å². The van der Waals surface area contributed by atoms with Crippen molar-refractivity contribution in [2.24, 2.45) is 0 Å². The van der Waals surface area contributed by atoms with Gasteiger partial charge < -0.3 is 19.2 Å². The van der Waals surface area contributed by atoms with Crippen molar-refractivity contribution in [2.75, 3.05) is 11.9 Å². The van der Waals surface area contributed by atoms with E-state index in [-0.39, 0.29) is 5.91 Å². The number of carbonyl (C=O) groups is 1. The number of nitrogens with zero attached hydrogens (tertiary/aromatic N) is 2. The predicted molar refractivity (Wildman–Crippen MR) is 118 cm³/mol. The highest BCUT2D eigenvalue weighted by atomic mass is 16.5. The molecule has 0 saturated carbocycles. The van der Waals surface area contributed by atoms with E-state index in [1.807, 2.05) is 26.0 Å². The van der Waals surface area contributed by atoms with Crippen molar-refractivity contribution in [3.8, 4) is 11.5 Å². The highest BCUT2D eigenvalue weighted by Gasteiger charge is 2.13. The van der Waals surface area contributed by atoms with E-state index in [0.717, 1.165) is 5.56 Å². The number of anilines is 1. The van der Waals surface area contributed by atoms with Gasteiger partial charge in [-0.2, -0.15) is 0 Å². The molecule has 1 amide bonds. The molecule has 0 spiro atoms. The van der Waals surface area contributed by atoms with Crippen LogP contribution in [0.4, 0.5) is 5.69 Å². The van der Waals surface area contributed by atoms with Crippen molar-refractivity contribution in [3.63, 3.8) is 0 Å². The van der Waals surface area contributed by atoms with Crippen molar-refractivity contribution in [1.82, 2.24) is 9.97 Å². The fourth-order valence-electron chi connectivity index (χ4n) is 3.08. The molecule has 0 bridgehead atoms. The Hall–Kier alpha value is -3.87. The van der Waals surface area contributed by atoms with E-state index >= 15 is 0 Å². The molecule has 158 valence electrons. The Bertz CT molecular complexity index is 1190. The lowest BCUT2D eigenvalue weighted by molar-refractivity contribution is 0.102. The van der Waals surface area contributed by atoms with E-state index in [1.54, 1.807) is 48.8 Å². The summed E-state index contributed by atoms with van der Waals surface area (Å²) >= 11 is 0. The van der Waals surface area contributed by atoms with Crippen LogP contribution in [0.5, 0.6) is 11.5 Å². The lowest BCUT2D eigenvalue weighted by Gasteiger charge is -2.13. The summed E-state index contributed by atoms with van der Waals surface area (Å²) in [5.74, 6) is 1.51. The summed E-state index contributed by atoms with van der Waals surface area (Å²) in [6, 6.07) is 14.3. The maximum Gasteiger partial charge on any atom is 0.255 e. The van der Waals surface area contributed by atoms with Crippen molar-refractivity contribution >= 4 is 22.7 Å². The number of amides is 1. The molecule has 0 unspecified atom stereocenters. The number of fused-ring (bicyclic) bond motifs is 1. The van der Waals surface area contributed by atoms with Crippen molar-refractivity contribution in [3.05, 3.63) is 77.9 Å². The topological polar surface area (TPSA) is 86.5 Å². The standard InChI is InChI=1S/C24H23N3O4/c1-3-23-27-19-14-18(6-8-20(19)31-23)26-24(28)17-5-7-21(22(13-17)29-4-2)30-15-16-9-11-25-12-10-16/h5-14H,3-4,15H2,1-2H3,(H,26,28). The third kappa shape index (κ3) is 4.83. The van der Waals surface area contributed by atoms with Crippen LogP contribution in [0.1, 0.15) is 35.7 Å². The predicted octanol–water partition coefficient (Wildman–Crippen LogP) is 5.02. The normalized spacial score (nSPS) is 10.8. The molecular weight excluding hydrogens is 394 g/mol. The highest BCUT2D eigenvalue weighted by Crippen LogP contribution is 2.30. The first-order chi connectivity index (χ1) is 15.2. The Morgan fingerprint density at radius 1 is 1.00 bits per heavy atom. The molecule has 0 saturated heterocycles. The van der Waals surface area contributed by atoms with Gasteiger partial charge in [-0.1, -0.05) is 6.92 Å². The minimum atomic E-state index is -0.250. The number of rotatable bonds is 8. The number of aryl methyl sites for hydroxylation is 1. The lowest BCUT2D eigenvalue weighted by Crippen LogP contribution is -2.12. The first kappa shape index (κ1) is 20.4. The van der Waals surface area contributed by atoms with Gasteiger partial charge in [-0.05, 0) is 61.0 Å². The first-order valence-electron chi connectivity index (χ1n) is 10.2. The largest absolute Gasteiger partial charge is 0.490 e. The molecule has 4 rings (SSSR count). The van der Waals surface area contributed by atoms with Crippen LogP contribution in [0.3, 0.4) is 0 Å². The van der Waals surface area contributed by atoms with Gasteiger partial charge in [0.05, 0.1) is 6.61 Å². The van der Waals surface area contributed by atoms with Gasteiger partial charge in [0, 0.05) is 30.1 Å². The number of aromatic nitrogens is 2. The summed E-state index contributed by atoms with van der Waals surface area (Å²) in [5.41, 5.74) is 3.51. The van der Waals surface area contributed by atoms with Gasteiger partial charge in [-0.15, -0.1) is 0 Å². The molecule has 0 aliphatic heterocycles. The number of carbonyl (C=O) groups excluding carboxylic acids is 1. The van der Waals surface area contributed by atoms with Gasteiger partial charge in [0.25, 0.3) is 5.91 Å². The fourth-order valence-corrected chi connectivity index (χ4v) is 3.08. The number of hydrogen-bond acceptors (Lipinski definition) is 6. The number of hydrogen-bond donors (Lipinski definition) is 1. The molecule has 1 N–H and O–H groups in total. The maximum absolute atomic E-state index is 12.8. The van der Waals surface area contributed by atoms with Crippen LogP contribution in [0, 0.1) is 0 Å². The summed E-state index contributed by atoms with van der Waals surface area (Å²) < 4.78 is 17.2. The smallest absolute Gasteiger partial charge is 0.255 e. The molecule has 7 nitrogen and oxygen atoms in total. The quantitative estimate of drug-likeness (QED) is 0.433. The molecule has 0 atom stereocenters. The van der Waals surface area contributed by atoms with Gasteiger partial charge >= 0.3 is 0 Å². The molecule has 2 aromatic carbocycles. The van der Waals surface area contributed by atoms with Gasteiger partial charge in [-0.25, -0.2) is 4.98 Å². The van der Waals surface area contributed by atoms with Gasteiger partial charge in [0.1, 0.15) is 12.1 Å². The number of nitrogens with one attached hydrogen (secondary N) is 1. The lowest BCUT2D eigenvalue weighted by atomic mass is 10.1. The third-order valence-electron chi connectivity index (χ3n) is 4.64. The van der Waals surface area contributed by atoms with Gasteiger partial charge in [0.15, 0.2) is 23.0 Å². The summed E-state index contributed by atoms with van der Waals surface area (Å²) in [7, 11) is 0. The average molecular weight is 417 g/mol. The molecule has 0 radical (unpaired) electrons. The summed E-state index contributed by atoms with van der Waals surface area (Å²) in [6.45, 7) is 4.70. The Kier molecular flexibility index (Phi) is 6.12. The Labute approximate surface area is 180 Å². The van der Waals surface area contributed by atoms with Crippen LogP contribution in [-0.4, -0.2) is 22.5 Å². The van der Waals surface area contributed by atoms with Crippen LogP contribution in [0.2, 0.25) is 0 Å². The van der Waals surface area contributed by atoms with Crippen LogP contribution < -0.4 is 14.8 Å². The van der Waals surface area contributed by atoms with Crippen LogP contribution >= 0.6 is 0 Å². The highest BCUT2D eigenvalue weighted by molar-refractivity contribution is 6.05. The number of ether oxygens (including phenoxy) is 2. The Morgan fingerprint density at radius 3 is 2.61 bits per heavy atom.